The number of amides is 1. The molecule has 0 saturated carbocycles. The van der Waals surface area contributed by atoms with E-state index < -0.39 is 15.8 Å². The molecule has 28 heavy (non-hydrogen) atoms. The summed E-state index contributed by atoms with van der Waals surface area (Å²) in [5, 5.41) is 0. The van der Waals surface area contributed by atoms with E-state index in [4.69, 9.17) is 21.1 Å². The first-order valence-corrected chi connectivity index (χ1v) is 12.3. The van der Waals surface area contributed by atoms with Gasteiger partial charge in [-0.15, -0.1) is 11.3 Å². The van der Waals surface area contributed by atoms with Gasteiger partial charge in [0.2, 0.25) is 5.91 Å². The number of hydrogen-bond acceptors (Lipinski definition) is 6. The summed E-state index contributed by atoms with van der Waals surface area (Å²) < 4.78 is 39.0. The second-order valence-electron chi connectivity index (χ2n) is 7.60. The Bertz CT molecular complexity index is 804. The number of likely N-dealkylation sites (tertiary alicyclic amines) is 1. The Balaban J connectivity index is 1.26. The number of thiophene rings is 1. The van der Waals surface area contributed by atoms with E-state index in [2.05, 4.69) is 0 Å². The molecule has 4 heterocycles. The zero-order chi connectivity index (χ0) is 19.8. The quantitative estimate of drug-likeness (QED) is 0.707. The molecule has 1 aromatic heterocycles. The Labute approximate surface area is 174 Å². The van der Waals surface area contributed by atoms with Crippen LogP contribution >= 0.6 is 22.9 Å². The second-order valence-corrected chi connectivity index (χ2v) is 11.5. The Hall–Kier alpha value is -0.710. The Morgan fingerprint density at radius 3 is 2.36 bits per heavy atom. The number of halogens is 1. The molecule has 10 heteroatoms. The molecule has 0 radical (unpaired) electrons. The highest BCUT2D eigenvalue weighted by Gasteiger charge is 2.41. The topological polar surface area (TPSA) is 76.2 Å². The molecule has 1 aromatic rings. The van der Waals surface area contributed by atoms with Crippen molar-refractivity contribution >= 4 is 38.9 Å². The van der Waals surface area contributed by atoms with Crippen molar-refractivity contribution in [2.75, 3.05) is 39.4 Å². The van der Waals surface area contributed by atoms with Crippen molar-refractivity contribution in [2.45, 2.75) is 42.1 Å². The molecule has 3 aliphatic heterocycles. The maximum atomic E-state index is 12.7. The number of carbonyl (C=O) groups is 1. The first-order valence-electron chi connectivity index (χ1n) is 9.69. The molecule has 3 saturated heterocycles. The molecule has 0 aromatic carbocycles. The van der Waals surface area contributed by atoms with Crippen molar-refractivity contribution in [3.63, 3.8) is 0 Å². The maximum absolute atomic E-state index is 12.7. The summed E-state index contributed by atoms with van der Waals surface area (Å²) in [5.74, 6) is -0.0961. The van der Waals surface area contributed by atoms with E-state index >= 15 is 0 Å². The van der Waals surface area contributed by atoms with Crippen molar-refractivity contribution < 1.29 is 22.7 Å². The van der Waals surface area contributed by atoms with Gasteiger partial charge in [0.05, 0.1) is 17.6 Å². The fraction of sp³-hybridized carbons (Fsp3) is 0.722. The molecular formula is C18H25ClN2O5S2. The van der Waals surface area contributed by atoms with Crippen LogP contribution in [0.4, 0.5) is 0 Å². The van der Waals surface area contributed by atoms with Crippen LogP contribution in [-0.4, -0.2) is 68.7 Å². The van der Waals surface area contributed by atoms with Crippen molar-refractivity contribution in [3.8, 4) is 0 Å². The highest BCUT2D eigenvalue weighted by molar-refractivity contribution is 7.91. The van der Waals surface area contributed by atoms with Crippen LogP contribution in [0.5, 0.6) is 0 Å². The molecule has 3 fully saturated rings. The van der Waals surface area contributed by atoms with E-state index in [1.54, 1.807) is 12.1 Å². The van der Waals surface area contributed by atoms with Crippen molar-refractivity contribution in [3.05, 3.63) is 16.5 Å². The third-order valence-corrected chi connectivity index (χ3v) is 9.47. The molecule has 3 aliphatic rings. The Kier molecular flexibility index (Phi) is 6.02. The zero-order valence-electron chi connectivity index (χ0n) is 15.6. The predicted molar refractivity (Wildman–Crippen MR) is 106 cm³/mol. The Morgan fingerprint density at radius 2 is 1.79 bits per heavy atom. The molecule has 1 amide bonds. The fourth-order valence-corrected chi connectivity index (χ4v) is 7.28. The third kappa shape index (κ3) is 4.24. The number of nitrogens with zero attached hydrogens (tertiary/aromatic N) is 2. The van der Waals surface area contributed by atoms with Gasteiger partial charge in [0.25, 0.3) is 10.0 Å². The summed E-state index contributed by atoms with van der Waals surface area (Å²) in [4.78, 5) is 14.6. The summed E-state index contributed by atoms with van der Waals surface area (Å²) in [5.41, 5.74) is 0. The maximum Gasteiger partial charge on any atom is 0.252 e. The SMILES string of the molecule is O=C(CC1CCN(S(=O)(=O)c2ccc(Cl)s2)CC1)N1CCC2(CC1)OCCO2. The predicted octanol–water partition coefficient (Wildman–Crippen LogP) is 2.56. The average Bonchev–Trinajstić information content (AvgIpc) is 3.32. The van der Waals surface area contributed by atoms with Gasteiger partial charge in [-0.2, -0.15) is 4.31 Å². The van der Waals surface area contributed by atoms with Crippen LogP contribution in [0.2, 0.25) is 4.34 Å². The monoisotopic (exact) mass is 448 g/mol. The fourth-order valence-electron chi connectivity index (χ4n) is 4.18. The number of hydrogen-bond donors (Lipinski definition) is 0. The summed E-state index contributed by atoms with van der Waals surface area (Å²) in [7, 11) is -3.48. The van der Waals surface area contributed by atoms with E-state index in [0.717, 1.165) is 24.2 Å². The van der Waals surface area contributed by atoms with Crippen LogP contribution in [0.15, 0.2) is 16.3 Å². The van der Waals surface area contributed by atoms with Crippen LogP contribution in [0.1, 0.15) is 32.1 Å². The van der Waals surface area contributed by atoms with Crippen LogP contribution in [0.3, 0.4) is 0 Å². The lowest BCUT2D eigenvalue weighted by atomic mass is 9.93. The minimum absolute atomic E-state index is 0.152. The summed E-state index contributed by atoms with van der Waals surface area (Å²) in [6.07, 6.45) is 3.33. The smallest absolute Gasteiger partial charge is 0.252 e. The molecule has 1 spiro atoms. The van der Waals surface area contributed by atoms with Gasteiger partial charge in [-0.3, -0.25) is 4.79 Å². The van der Waals surface area contributed by atoms with Crippen LogP contribution in [-0.2, 0) is 24.3 Å². The number of rotatable bonds is 4. The van der Waals surface area contributed by atoms with Gasteiger partial charge in [-0.25, -0.2) is 8.42 Å². The molecule has 4 rings (SSSR count). The molecule has 0 bridgehead atoms. The van der Waals surface area contributed by atoms with Gasteiger partial charge in [0.15, 0.2) is 5.79 Å². The second kappa shape index (κ2) is 8.20. The standard InChI is InChI=1S/C18H25ClN2O5S2/c19-15-1-2-17(27-15)28(23,24)21-7-3-14(4-8-21)13-16(22)20-9-5-18(6-10-20)25-11-12-26-18/h1-2,14H,3-13H2. The van der Waals surface area contributed by atoms with Crippen LogP contribution in [0, 0.1) is 5.92 Å². The molecule has 0 atom stereocenters. The number of piperidine rings is 2. The number of carbonyl (C=O) groups excluding carboxylic acids is 1. The third-order valence-electron chi connectivity index (χ3n) is 5.87. The van der Waals surface area contributed by atoms with Gasteiger partial charge in [0.1, 0.15) is 4.21 Å². The highest BCUT2D eigenvalue weighted by Crippen LogP contribution is 2.33. The van der Waals surface area contributed by atoms with Gasteiger partial charge < -0.3 is 14.4 Å². The average molecular weight is 449 g/mol. The van der Waals surface area contributed by atoms with E-state index in [1.807, 2.05) is 4.90 Å². The van der Waals surface area contributed by atoms with Crippen molar-refractivity contribution in [1.29, 1.82) is 0 Å². The normalized spacial score (nSPS) is 24.1. The zero-order valence-corrected chi connectivity index (χ0v) is 18.0. The van der Waals surface area contributed by atoms with Gasteiger partial charge in [0, 0.05) is 45.4 Å². The van der Waals surface area contributed by atoms with Crippen LogP contribution in [0.25, 0.3) is 0 Å². The first kappa shape index (κ1) is 20.6. The lowest BCUT2D eigenvalue weighted by molar-refractivity contribution is -0.187. The number of ether oxygens (including phenoxy) is 2. The lowest BCUT2D eigenvalue weighted by Gasteiger charge is -2.38. The Morgan fingerprint density at radius 1 is 1.14 bits per heavy atom. The van der Waals surface area contributed by atoms with E-state index in [9.17, 15) is 13.2 Å². The largest absolute Gasteiger partial charge is 0.347 e. The van der Waals surface area contributed by atoms with Gasteiger partial charge in [-0.05, 0) is 30.9 Å². The summed E-state index contributed by atoms with van der Waals surface area (Å²) in [6.45, 7) is 3.47. The summed E-state index contributed by atoms with van der Waals surface area (Å²) >= 11 is 6.96. The molecule has 0 unspecified atom stereocenters. The molecule has 0 N–H and O–H groups in total. The van der Waals surface area contributed by atoms with Crippen molar-refractivity contribution in [2.24, 2.45) is 5.92 Å². The first-order chi connectivity index (χ1) is 13.4. The van der Waals surface area contributed by atoms with E-state index in [0.29, 0.717) is 63.0 Å². The minimum atomic E-state index is -3.48. The lowest BCUT2D eigenvalue weighted by Crippen LogP contribution is -2.48. The molecular weight excluding hydrogens is 424 g/mol. The van der Waals surface area contributed by atoms with Gasteiger partial charge >= 0.3 is 0 Å². The molecule has 0 aliphatic carbocycles. The summed E-state index contributed by atoms with van der Waals surface area (Å²) in [6, 6.07) is 3.16. The minimum Gasteiger partial charge on any atom is -0.347 e. The highest BCUT2D eigenvalue weighted by atomic mass is 35.5. The molecule has 7 nitrogen and oxygen atoms in total. The van der Waals surface area contributed by atoms with E-state index in [-0.39, 0.29) is 16.0 Å². The van der Waals surface area contributed by atoms with Crippen molar-refractivity contribution in [1.82, 2.24) is 9.21 Å². The van der Waals surface area contributed by atoms with Crippen LogP contribution < -0.4 is 0 Å². The van der Waals surface area contributed by atoms with Gasteiger partial charge in [-0.1, -0.05) is 11.6 Å². The van der Waals surface area contributed by atoms with E-state index in [1.165, 1.54) is 4.31 Å². The number of sulfonamides is 1. The molecule has 156 valence electrons.